The molecule has 1 heterocycles. The minimum atomic E-state index is -2.35. The third-order valence-electron chi connectivity index (χ3n) is 5.91. The van der Waals surface area contributed by atoms with Gasteiger partial charge in [-0.15, -0.1) is 0 Å². The Kier molecular flexibility index (Phi) is 6.05. The van der Waals surface area contributed by atoms with Crippen LogP contribution in [0.25, 0.3) is 0 Å². The second-order valence-corrected chi connectivity index (χ2v) is 8.27. The fourth-order valence-corrected chi connectivity index (χ4v) is 4.32. The molecule has 6 atom stereocenters. The van der Waals surface area contributed by atoms with E-state index in [9.17, 15) is 25.5 Å². The van der Waals surface area contributed by atoms with Crippen molar-refractivity contribution >= 4 is 11.6 Å². The lowest BCUT2D eigenvalue weighted by Crippen LogP contribution is -2.63. The van der Waals surface area contributed by atoms with E-state index < -0.39 is 36.8 Å². The Bertz CT molecular complexity index is 905. The SMILES string of the molecule is OC[C@H]1O[C@](O)(c2ccc(Cl)c(OC3CCc4ccccc4C3)c2)[C@H](O)[C@@H](O)[C@@H]1O. The standard InChI is InChI=1S/C22H25ClO7/c23-16-8-6-14(22(28)21(27)20(26)19(25)18(11-24)30-22)10-17(16)29-15-7-5-12-3-1-2-4-13(12)9-15/h1-4,6,8,10,15,18-21,24-28H,5,7,9,11H2/t15?,18-,19-,20+,21-,22-/m1/s1. The smallest absolute Gasteiger partial charge is 0.222 e. The molecule has 0 saturated carbocycles. The van der Waals surface area contributed by atoms with Gasteiger partial charge in [-0.25, -0.2) is 0 Å². The third-order valence-corrected chi connectivity index (χ3v) is 6.22. The summed E-state index contributed by atoms with van der Waals surface area (Å²) in [5.74, 6) is -2.04. The van der Waals surface area contributed by atoms with Crippen LogP contribution in [0.1, 0.15) is 23.1 Å². The first kappa shape index (κ1) is 21.5. The zero-order valence-corrected chi connectivity index (χ0v) is 16.9. The van der Waals surface area contributed by atoms with Crippen LogP contribution in [0.15, 0.2) is 42.5 Å². The highest BCUT2D eigenvalue weighted by molar-refractivity contribution is 6.32. The molecule has 2 aliphatic rings. The minimum Gasteiger partial charge on any atom is -0.489 e. The molecule has 0 radical (unpaired) electrons. The zero-order chi connectivity index (χ0) is 21.5. The molecule has 5 N–H and O–H groups in total. The van der Waals surface area contributed by atoms with Gasteiger partial charge in [0, 0.05) is 12.0 Å². The number of rotatable bonds is 4. The summed E-state index contributed by atoms with van der Waals surface area (Å²) in [6.45, 7) is -0.647. The van der Waals surface area contributed by atoms with Crippen LogP contribution in [0.5, 0.6) is 5.75 Å². The van der Waals surface area contributed by atoms with E-state index >= 15 is 0 Å². The van der Waals surface area contributed by atoms with Crippen LogP contribution < -0.4 is 4.74 Å². The van der Waals surface area contributed by atoms with Gasteiger partial charge in [-0.05, 0) is 36.1 Å². The van der Waals surface area contributed by atoms with Crippen molar-refractivity contribution in [2.75, 3.05) is 6.61 Å². The Labute approximate surface area is 179 Å². The maximum atomic E-state index is 11.0. The summed E-state index contributed by atoms with van der Waals surface area (Å²) in [6.07, 6.45) is -4.08. The van der Waals surface area contributed by atoms with Crippen molar-refractivity contribution in [1.29, 1.82) is 0 Å². The number of fused-ring (bicyclic) bond motifs is 1. The minimum absolute atomic E-state index is 0.0926. The molecule has 2 aromatic carbocycles. The van der Waals surface area contributed by atoms with Gasteiger partial charge in [-0.3, -0.25) is 0 Å². The third kappa shape index (κ3) is 3.83. The summed E-state index contributed by atoms with van der Waals surface area (Å²) in [5.41, 5.74) is 2.61. The average Bonchev–Trinajstić information content (AvgIpc) is 2.76. The van der Waals surface area contributed by atoms with Crippen LogP contribution in [0, 0.1) is 0 Å². The molecule has 162 valence electrons. The van der Waals surface area contributed by atoms with Gasteiger partial charge in [0.05, 0.1) is 11.6 Å². The molecule has 7 nitrogen and oxygen atoms in total. The van der Waals surface area contributed by atoms with E-state index in [2.05, 4.69) is 12.1 Å². The van der Waals surface area contributed by atoms with E-state index in [0.717, 1.165) is 19.3 Å². The molecule has 0 bridgehead atoms. The van der Waals surface area contributed by atoms with Gasteiger partial charge in [0.25, 0.3) is 0 Å². The predicted octanol–water partition coefficient (Wildman–Crippen LogP) is 0.895. The largest absolute Gasteiger partial charge is 0.489 e. The van der Waals surface area contributed by atoms with Crippen molar-refractivity contribution in [2.45, 2.75) is 55.6 Å². The maximum Gasteiger partial charge on any atom is 0.222 e. The van der Waals surface area contributed by atoms with Crippen LogP contribution in [0.4, 0.5) is 0 Å². The van der Waals surface area contributed by atoms with Crippen LogP contribution >= 0.6 is 11.6 Å². The first-order valence-corrected chi connectivity index (χ1v) is 10.3. The summed E-state index contributed by atoms with van der Waals surface area (Å²) in [4.78, 5) is 0. The van der Waals surface area contributed by atoms with Gasteiger partial charge < -0.3 is 35.0 Å². The lowest BCUT2D eigenvalue weighted by Gasteiger charge is -2.45. The van der Waals surface area contributed by atoms with Crippen LogP contribution in [-0.4, -0.2) is 62.7 Å². The quantitative estimate of drug-likeness (QED) is 0.483. The van der Waals surface area contributed by atoms with Crippen molar-refractivity contribution in [3.05, 3.63) is 64.2 Å². The van der Waals surface area contributed by atoms with Crippen molar-refractivity contribution in [3.63, 3.8) is 0 Å². The molecule has 1 unspecified atom stereocenters. The molecule has 1 fully saturated rings. The molecule has 8 heteroatoms. The fraction of sp³-hybridized carbons (Fsp3) is 0.455. The number of hydrogen-bond acceptors (Lipinski definition) is 7. The second-order valence-electron chi connectivity index (χ2n) is 7.86. The molecular formula is C22H25ClO7. The van der Waals surface area contributed by atoms with Gasteiger partial charge in [-0.1, -0.05) is 41.9 Å². The van der Waals surface area contributed by atoms with Crippen molar-refractivity contribution in [2.24, 2.45) is 0 Å². The summed E-state index contributed by atoms with van der Waals surface area (Å²) < 4.78 is 11.5. The van der Waals surface area contributed by atoms with Crippen molar-refractivity contribution in [3.8, 4) is 5.75 Å². The van der Waals surface area contributed by atoms with Gasteiger partial charge in [0.15, 0.2) is 0 Å². The molecule has 4 rings (SSSR count). The Morgan fingerprint density at radius 2 is 1.80 bits per heavy atom. The Morgan fingerprint density at radius 1 is 1.07 bits per heavy atom. The van der Waals surface area contributed by atoms with Crippen molar-refractivity contribution < 1.29 is 35.0 Å². The van der Waals surface area contributed by atoms with Crippen molar-refractivity contribution in [1.82, 2.24) is 0 Å². The van der Waals surface area contributed by atoms with E-state index in [1.165, 1.54) is 29.3 Å². The first-order valence-electron chi connectivity index (χ1n) is 9.92. The van der Waals surface area contributed by atoms with Gasteiger partial charge in [-0.2, -0.15) is 0 Å². The van der Waals surface area contributed by atoms with E-state index in [1.54, 1.807) is 0 Å². The summed E-state index contributed by atoms with van der Waals surface area (Å²) in [5, 5.41) is 51.2. The molecule has 0 spiro atoms. The van der Waals surface area contributed by atoms with E-state index in [0.29, 0.717) is 10.8 Å². The number of halogens is 1. The normalized spacial score (nSPS) is 33.7. The van der Waals surface area contributed by atoms with E-state index in [1.807, 2.05) is 12.1 Å². The summed E-state index contributed by atoms with van der Waals surface area (Å²) >= 11 is 6.30. The lowest BCUT2D eigenvalue weighted by atomic mass is 9.88. The highest BCUT2D eigenvalue weighted by Gasteiger charge is 2.53. The molecule has 0 aromatic heterocycles. The highest BCUT2D eigenvalue weighted by atomic mass is 35.5. The molecule has 30 heavy (non-hydrogen) atoms. The molecule has 1 aliphatic heterocycles. The monoisotopic (exact) mass is 436 g/mol. The van der Waals surface area contributed by atoms with Gasteiger partial charge in [0.1, 0.15) is 36.3 Å². The van der Waals surface area contributed by atoms with Gasteiger partial charge in [0.2, 0.25) is 5.79 Å². The topological polar surface area (TPSA) is 120 Å². The second kappa shape index (κ2) is 8.43. The number of aliphatic hydroxyl groups is 5. The van der Waals surface area contributed by atoms with Crippen LogP contribution in [0.2, 0.25) is 5.02 Å². The molecule has 1 saturated heterocycles. The fourth-order valence-electron chi connectivity index (χ4n) is 4.15. The van der Waals surface area contributed by atoms with E-state index in [4.69, 9.17) is 21.1 Å². The first-order chi connectivity index (χ1) is 14.3. The number of aryl methyl sites for hydroxylation is 1. The highest BCUT2D eigenvalue weighted by Crippen LogP contribution is 2.39. The number of hydrogen-bond donors (Lipinski definition) is 5. The van der Waals surface area contributed by atoms with E-state index in [-0.39, 0.29) is 11.7 Å². The van der Waals surface area contributed by atoms with Gasteiger partial charge >= 0.3 is 0 Å². The van der Waals surface area contributed by atoms with Crippen LogP contribution in [-0.2, 0) is 23.4 Å². The predicted molar refractivity (Wildman–Crippen MR) is 108 cm³/mol. The summed E-state index contributed by atoms with van der Waals surface area (Å²) in [7, 11) is 0. The number of benzene rings is 2. The molecule has 0 amide bonds. The number of aliphatic hydroxyl groups excluding tert-OH is 4. The average molecular weight is 437 g/mol. The molecule has 1 aliphatic carbocycles. The maximum absolute atomic E-state index is 11.0. The lowest BCUT2D eigenvalue weighted by molar-refractivity contribution is -0.357. The number of ether oxygens (including phenoxy) is 2. The van der Waals surface area contributed by atoms with Crippen LogP contribution in [0.3, 0.4) is 0 Å². The Hall–Kier alpha value is -1.71. The molecule has 2 aromatic rings. The summed E-state index contributed by atoms with van der Waals surface area (Å²) in [6, 6.07) is 12.6. The Morgan fingerprint density at radius 3 is 2.53 bits per heavy atom. The molecular weight excluding hydrogens is 412 g/mol. The zero-order valence-electron chi connectivity index (χ0n) is 16.2. The Balaban J connectivity index is 1.59.